The van der Waals surface area contributed by atoms with E-state index in [1.165, 1.54) is 0 Å². The van der Waals surface area contributed by atoms with Crippen molar-refractivity contribution in [2.75, 3.05) is 0 Å². The van der Waals surface area contributed by atoms with E-state index in [1.54, 1.807) is 13.0 Å². The zero-order chi connectivity index (χ0) is 10.0. The first-order valence-corrected chi connectivity index (χ1v) is 4.09. The van der Waals surface area contributed by atoms with Crippen LogP contribution in [0.3, 0.4) is 0 Å². The second-order valence-corrected chi connectivity index (χ2v) is 3.34. The quantitative estimate of drug-likeness (QED) is 0.324. The van der Waals surface area contributed by atoms with Gasteiger partial charge in [-0.05, 0) is 19.8 Å². The van der Waals surface area contributed by atoms with Gasteiger partial charge in [-0.15, -0.1) is 0 Å². The Balaban J connectivity index is 0. The van der Waals surface area contributed by atoms with Gasteiger partial charge in [-0.3, -0.25) is 0 Å². The molecule has 1 aliphatic rings. The van der Waals surface area contributed by atoms with Crippen LogP contribution in [-0.4, -0.2) is 11.9 Å². The van der Waals surface area contributed by atoms with Gasteiger partial charge in [0.05, 0.1) is 0 Å². The van der Waals surface area contributed by atoms with Crippen LogP contribution in [0.4, 0.5) is 0 Å². The molecule has 0 saturated heterocycles. The second-order valence-electron chi connectivity index (χ2n) is 3.34. The van der Waals surface area contributed by atoms with Crippen molar-refractivity contribution >= 4 is 11.9 Å². The van der Waals surface area contributed by atoms with Crippen molar-refractivity contribution < 1.29 is 57.5 Å². The number of carboxylic acid groups (broad SMARTS) is 2. The summed E-state index contributed by atoms with van der Waals surface area (Å²) in [5.74, 6) is -4.48. The first kappa shape index (κ1) is 17.3. The summed E-state index contributed by atoms with van der Waals surface area (Å²) in [6, 6.07) is 0. The molecular formula is C9H10Li2O4. The maximum absolute atomic E-state index is 10.6. The Kier molecular flexibility index (Phi) is 8.29. The summed E-state index contributed by atoms with van der Waals surface area (Å²) in [7, 11) is 0. The SMILES string of the molecule is CC1=CCC(C(=O)[O-])C(C(=O)[O-])C1.[Li+].[Li+]. The van der Waals surface area contributed by atoms with E-state index in [1.807, 2.05) is 0 Å². The monoisotopic (exact) mass is 196 g/mol. The Morgan fingerprint density at radius 1 is 1.20 bits per heavy atom. The molecule has 0 bridgehead atoms. The molecule has 0 aromatic carbocycles. The van der Waals surface area contributed by atoms with Gasteiger partial charge >= 0.3 is 37.7 Å². The average molecular weight is 196 g/mol. The van der Waals surface area contributed by atoms with E-state index in [0.29, 0.717) is 0 Å². The van der Waals surface area contributed by atoms with Crippen LogP contribution in [0.2, 0.25) is 0 Å². The molecule has 4 nitrogen and oxygen atoms in total. The van der Waals surface area contributed by atoms with E-state index >= 15 is 0 Å². The molecule has 0 aliphatic heterocycles. The van der Waals surface area contributed by atoms with Crippen molar-refractivity contribution in [3.63, 3.8) is 0 Å². The second kappa shape index (κ2) is 7.20. The predicted molar refractivity (Wildman–Crippen MR) is 40.0 cm³/mol. The number of hydrogen-bond donors (Lipinski definition) is 0. The van der Waals surface area contributed by atoms with Crippen LogP contribution < -0.4 is 47.9 Å². The van der Waals surface area contributed by atoms with Crippen LogP contribution >= 0.6 is 0 Å². The Morgan fingerprint density at radius 2 is 1.67 bits per heavy atom. The fourth-order valence-corrected chi connectivity index (χ4v) is 1.57. The van der Waals surface area contributed by atoms with Crippen molar-refractivity contribution in [3.8, 4) is 0 Å². The smallest absolute Gasteiger partial charge is 0.550 e. The summed E-state index contributed by atoms with van der Waals surface area (Å²) in [5.41, 5.74) is 0.895. The molecule has 15 heavy (non-hydrogen) atoms. The maximum Gasteiger partial charge on any atom is 1.00 e. The van der Waals surface area contributed by atoms with Gasteiger partial charge in [0.1, 0.15) is 0 Å². The van der Waals surface area contributed by atoms with Crippen molar-refractivity contribution in [3.05, 3.63) is 11.6 Å². The number of rotatable bonds is 2. The van der Waals surface area contributed by atoms with Gasteiger partial charge in [-0.1, -0.05) is 11.6 Å². The van der Waals surface area contributed by atoms with Crippen LogP contribution in [0.25, 0.3) is 0 Å². The van der Waals surface area contributed by atoms with Gasteiger partial charge < -0.3 is 19.8 Å². The van der Waals surface area contributed by atoms with Gasteiger partial charge in [-0.2, -0.15) is 0 Å². The Hall–Kier alpha value is -0.125. The first-order valence-electron chi connectivity index (χ1n) is 4.09. The third-order valence-electron chi connectivity index (χ3n) is 2.35. The molecule has 2 atom stereocenters. The molecule has 1 rings (SSSR count). The third kappa shape index (κ3) is 4.49. The van der Waals surface area contributed by atoms with Gasteiger partial charge in [0.25, 0.3) is 0 Å². The molecule has 6 heteroatoms. The molecule has 2 unspecified atom stereocenters. The Bertz CT molecular complexity index is 275. The Labute approximate surface area is 112 Å². The zero-order valence-electron chi connectivity index (χ0n) is 9.28. The summed E-state index contributed by atoms with van der Waals surface area (Å²) in [6.45, 7) is 1.78. The predicted octanol–water partition coefficient (Wildman–Crippen LogP) is -7.53. The summed E-state index contributed by atoms with van der Waals surface area (Å²) < 4.78 is 0. The van der Waals surface area contributed by atoms with Gasteiger partial charge in [-0.25, -0.2) is 0 Å². The van der Waals surface area contributed by atoms with Crippen molar-refractivity contribution in [1.82, 2.24) is 0 Å². The molecular weight excluding hydrogens is 186 g/mol. The minimum atomic E-state index is -1.31. The number of carboxylic acids is 2. The molecule has 0 N–H and O–H groups in total. The summed E-state index contributed by atoms with van der Waals surface area (Å²) in [5, 5.41) is 21.1. The largest absolute Gasteiger partial charge is 1.00 e. The molecule has 0 saturated carbocycles. The number of carbonyl (C=O) groups is 2. The molecule has 0 heterocycles. The van der Waals surface area contributed by atoms with Gasteiger partial charge in [0.2, 0.25) is 0 Å². The number of carbonyl (C=O) groups excluding carboxylic acids is 2. The fourth-order valence-electron chi connectivity index (χ4n) is 1.57. The minimum Gasteiger partial charge on any atom is -0.550 e. The molecule has 0 amide bonds. The average Bonchev–Trinajstić information content (AvgIpc) is 2.03. The topological polar surface area (TPSA) is 80.3 Å². The Morgan fingerprint density at radius 3 is 2.07 bits per heavy atom. The fraction of sp³-hybridized carbons (Fsp3) is 0.556. The number of hydrogen-bond acceptors (Lipinski definition) is 4. The van der Waals surface area contributed by atoms with Crippen molar-refractivity contribution in [2.24, 2.45) is 11.8 Å². The molecule has 0 radical (unpaired) electrons. The van der Waals surface area contributed by atoms with Crippen LogP contribution in [0.1, 0.15) is 19.8 Å². The standard InChI is InChI=1S/C9H12O4.2Li/c1-5-2-3-6(8(10)11)7(4-5)9(12)13;;/h2,6-7H,3-4H2,1H3,(H,10,11)(H,12,13);;/q;2*+1/p-2. The van der Waals surface area contributed by atoms with Gasteiger partial charge in [0.15, 0.2) is 0 Å². The van der Waals surface area contributed by atoms with E-state index in [0.717, 1.165) is 5.57 Å². The molecule has 1 aliphatic carbocycles. The maximum atomic E-state index is 10.6. The van der Waals surface area contributed by atoms with Crippen LogP contribution in [0.15, 0.2) is 11.6 Å². The molecule has 0 aromatic rings. The van der Waals surface area contributed by atoms with Crippen LogP contribution in [-0.2, 0) is 9.59 Å². The van der Waals surface area contributed by atoms with Gasteiger partial charge in [0, 0.05) is 23.8 Å². The number of allylic oxidation sites excluding steroid dienone is 2. The van der Waals surface area contributed by atoms with E-state index in [-0.39, 0.29) is 50.6 Å². The van der Waals surface area contributed by atoms with Crippen molar-refractivity contribution in [2.45, 2.75) is 19.8 Å². The van der Waals surface area contributed by atoms with Crippen LogP contribution in [0.5, 0.6) is 0 Å². The third-order valence-corrected chi connectivity index (χ3v) is 2.35. The minimum absolute atomic E-state index is 0. The summed E-state index contributed by atoms with van der Waals surface area (Å²) >= 11 is 0. The van der Waals surface area contributed by atoms with E-state index in [4.69, 9.17) is 0 Å². The van der Waals surface area contributed by atoms with E-state index in [2.05, 4.69) is 0 Å². The number of aliphatic carboxylic acids is 2. The normalized spacial score (nSPS) is 24.2. The van der Waals surface area contributed by atoms with E-state index in [9.17, 15) is 19.8 Å². The first-order chi connectivity index (χ1) is 6.02. The summed E-state index contributed by atoms with van der Waals surface area (Å²) in [4.78, 5) is 21.1. The zero-order valence-corrected chi connectivity index (χ0v) is 9.28. The summed E-state index contributed by atoms with van der Waals surface area (Å²) in [6.07, 6.45) is 2.22. The molecule has 0 aromatic heterocycles. The molecule has 0 spiro atoms. The molecule has 0 fully saturated rings. The molecule has 72 valence electrons. The van der Waals surface area contributed by atoms with E-state index < -0.39 is 23.8 Å². The van der Waals surface area contributed by atoms with Crippen molar-refractivity contribution in [1.29, 1.82) is 0 Å². The van der Waals surface area contributed by atoms with Crippen LogP contribution in [0, 0.1) is 11.8 Å².